The predicted molar refractivity (Wildman–Crippen MR) is 98.4 cm³/mol. The first kappa shape index (κ1) is 18.1. The van der Waals surface area contributed by atoms with E-state index in [1.165, 1.54) is 0 Å². The summed E-state index contributed by atoms with van der Waals surface area (Å²) in [6.45, 7) is 4.53. The monoisotopic (exact) mass is 358 g/mol. The Labute approximate surface area is 153 Å². The largest absolute Gasteiger partial charge is 0.493 e. The Morgan fingerprint density at radius 3 is 3.08 bits per heavy atom. The molecule has 2 amide bonds. The van der Waals surface area contributed by atoms with Gasteiger partial charge in [0.1, 0.15) is 0 Å². The second-order valence-electron chi connectivity index (χ2n) is 6.48. The minimum atomic E-state index is -0.0476. The van der Waals surface area contributed by atoms with Crippen LogP contribution in [-0.4, -0.2) is 47.0 Å². The van der Waals surface area contributed by atoms with Gasteiger partial charge in [0, 0.05) is 37.1 Å². The van der Waals surface area contributed by atoms with Crippen molar-refractivity contribution in [2.24, 2.45) is 0 Å². The predicted octanol–water partition coefficient (Wildman–Crippen LogP) is 2.66. The van der Waals surface area contributed by atoms with Gasteiger partial charge in [-0.3, -0.25) is 4.68 Å². The average Bonchev–Trinajstić information content (AvgIpc) is 3.13. The lowest BCUT2D eigenvalue weighted by Gasteiger charge is -2.28. The lowest BCUT2D eigenvalue weighted by Crippen LogP contribution is -2.45. The molecular formula is C19H26N4O3. The standard InChI is InChI=1S/C19H26N4O3/c1-15(8-12-23-11-4-9-20-23)21-19(24)22-10-5-13-26-18-16(14-22)6-3-7-17(18)25-2/h3-4,6-7,9,11,15H,5,8,10,12-14H2,1-2H3,(H,21,24)/t15-/m0/s1. The maximum Gasteiger partial charge on any atom is 0.317 e. The van der Waals surface area contributed by atoms with E-state index in [1.807, 2.05) is 47.0 Å². The van der Waals surface area contributed by atoms with Crippen LogP contribution in [0.25, 0.3) is 0 Å². The summed E-state index contributed by atoms with van der Waals surface area (Å²) in [5, 5.41) is 7.28. The van der Waals surface area contributed by atoms with Crippen LogP contribution in [0.3, 0.4) is 0 Å². The van der Waals surface area contributed by atoms with E-state index in [2.05, 4.69) is 10.4 Å². The van der Waals surface area contributed by atoms with Gasteiger partial charge in [0.15, 0.2) is 11.5 Å². The molecule has 7 heteroatoms. The van der Waals surface area contributed by atoms with Crippen molar-refractivity contribution in [3.05, 3.63) is 42.2 Å². The Balaban J connectivity index is 1.61. The van der Waals surface area contributed by atoms with Crippen molar-refractivity contribution in [2.45, 2.75) is 38.9 Å². The molecular weight excluding hydrogens is 332 g/mol. The number of hydrogen-bond donors (Lipinski definition) is 1. The van der Waals surface area contributed by atoms with E-state index in [1.54, 1.807) is 13.3 Å². The van der Waals surface area contributed by atoms with E-state index in [9.17, 15) is 4.79 Å². The van der Waals surface area contributed by atoms with E-state index in [0.29, 0.717) is 25.4 Å². The van der Waals surface area contributed by atoms with Crippen molar-refractivity contribution in [3.8, 4) is 11.5 Å². The van der Waals surface area contributed by atoms with Crippen molar-refractivity contribution in [1.29, 1.82) is 0 Å². The summed E-state index contributed by atoms with van der Waals surface area (Å²) in [7, 11) is 1.63. The zero-order valence-corrected chi connectivity index (χ0v) is 15.4. The normalized spacial score (nSPS) is 15.2. The zero-order valence-electron chi connectivity index (χ0n) is 15.4. The van der Waals surface area contributed by atoms with Crippen LogP contribution in [-0.2, 0) is 13.1 Å². The van der Waals surface area contributed by atoms with Gasteiger partial charge >= 0.3 is 6.03 Å². The van der Waals surface area contributed by atoms with Crippen LogP contribution < -0.4 is 14.8 Å². The minimum Gasteiger partial charge on any atom is -0.493 e. The number of fused-ring (bicyclic) bond motifs is 1. The number of amides is 2. The quantitative estimate of drug-likeness (QED) is 0.892. The summed E-state index contributed by atoms with van der Waals surface area (Å²) in [6.07, 6.45) is 5.30. The molecule has 0 fully saturated rings. The van der Waals surface area contributed by atoms with Crippen LogP contribution in [0.1, 0.15) is 25.3 Å². The van der Waals surface area contributed by atoms with E-state index in [4.69, 9.17) is 9.47 Å². The molecule has 1 aromatic carbocycles. The highest BCUT2D eigenvalue weighted by molar-refractivity contribution is 5.74. The molecule has 0 saturated carbocycles. The number of benzene rings is 1. The maximum absolute atomic E-state index is 12.7. The number of urea groups is 1. The summed E-state index contributed by atoms with van der Waals surface area (Å²) in [5.74, 6) is 1.44. The second-order valence-corrected chi connectivity index (χ2v) is 6.48. The number of carbonyl (C=O) groups excluding carboxylic acids is 1. The first-order valence-corrected chi connectivity index (χ1v) is 8.99. The molecule has 0 saturated heterocycles. The third kappa shape index (κ3) is 4.47. The summed E-state index contributed by atoms with van der Waals surface area (Å²) < 4.78 is 13.1. The molecule has 0 aliphatic carbocycles. The van der Waals surface area contributed by atoms with Gasteiger partial charge in [-0.15, -0.1) is 0 Å². The third-order valence-electron chi connectivity index (χ3n) is 4.47. The molecule has 140 valence electrons. The van der Waals surface area contributed by atoms with Gasteiger partial charge in [0.25, 0.3) is 0 Å². The third-order valence-corrected chi connectivity index (χ3v) is 4.47. The molecule has 3 rings (SSSR count). The molecule has 1 aliphatic heterocycles. The summed E-state index contributed by atoms with van der Waals surface area (Å²) in [6, 6.07) is 7.70. The second kappa shape index (κ2) is 8.60. The lowest BCUT2D eigenvalue weighted by molar-refractivity contribution is 0.176. The SMILES string of the molecule is COc1cccc2c1OCCCN(C(=O)N[C@@H](C)CCn1cccn1)C2. The van der Waals surface area contributed by atoms with E-state index >= 15 is 0 Å². The number of para-hydroxylation sites is 1. The molecule has 26 heavy (non-hydrogen) atoms. The Hall–Kier alpha value is -2.70. The van der Waals surface area contributed by atoms with Crippen molar-refractivity contribution in [1.82, 2.24) is 20.0 Å². The number of aromatic nitrogens is 2. The molecule has 2 aromatic rings. The first-order chi connectivity index (χ1) is 12.7. The molecule has 7 nitrogen and oxygen atoms in total. The number of rotatable bonds is 5. The summed E-state index contributed by atoms with van der Waals surface area (Å²) in [5.41, 5.74) is 0.961. The number of hydrogen-bond acceptors (Lipinski definition) is 4. The first-order valence-electron chi connectivity index (χ1n) is 8.99. The van der Waals surface area contributed by atoms with Gasteiger partial charge < -0.3 is 19.7 Å². The summed E-state index contributed by atoms with van der Waals surface area (Å²) in [4.78, 5) is 14.6. The number of ether oxygens (including phenoxy) is 2. The smallest absolute Gasteiger partial charge is 0.317 e. The van der Waals surface area contributed by atoms with Crippen molar-refractivity contribution in [2.75, 3.05) is 20.3 Å². The van der Waals surface area contributed by atoms with Gasteiger partial charge in [-0.25, -0.2) is 4.79 Å². The molecule has 0 bridgehead atoms. The minimum absolute atomic E-state index is 0.0476. The molecule has 2 heterocycles. The van der Waals surface area contributed by atoms with Gasteiger partial charge in [0.2, 0.25) is 0 Å². The van der Waals surface area contributed by atoms with Crippen LogP contribution >= 0.6 is 0 Å². The Bertz CT molecular complexity index is 718. The van der Waals surface area contributed by atoms with Gasteiger partial charge in [-0.2, -0.15) is 5.10 Å². The molecule has 1 aromatic heterocycles. The number of carbonyl (C=O) groups is 1. The number of nitrogens with zero attached hydrogens (tertiary/aromatic N) is 3. The fourth-order valence-electron chi connectivity index (χ4n) is 3.03. The van der Waals surface area contributed by atoms with E-state index in [0.717, 1.165) is 30.7 Å². The van der Waals surface area contributed by atoms with E-state index < -0.39 is 0 Å². The van der Waals surface area contributed by atoms with Crippen LogP contribution in [0.2, 0.25) is 0 Å². The van der Waals surface area contributed by atoms with Crippen molar-refractivity contribution < 1.29 is 14.3 Å². The average molecular weight is 358 g/mol. The van der Waals surface area contributed by atoms with Crippen LogP contribution in [0.4, 0.5) is 4.79 Å². The van der Waals surface area contributed by atoms with E-state index in [-0.39, 0.29) is 12.1 Å². The molecule has 1 N–H and O–H groups in total. The van der Waals surface area contributed by atoms with Crippen molar-refractivity contribution >= 4 is 6.03 Å². The Morgan fingerprint density at radius 2 is 2.31 bits per heavy atom. The van der Waals surface area contributed by atoms with Crippen LogP contribution in [0, 0.1) is 0 Å². The highest BCUT2D eigenvalue weighted by atomic mass is 16.5. The lowest BCUT2D eigenvalue weighted by atomic mass is 10.1. The fourth-order valence-corrected chi connectivity index (χ4v) is 3.03. The maximum atomic E-state index is 12.7. The van der Waals surface area contributed by atoms with Crippen LogP contribution in [0.5, 0.6) is 11.5 Å². The van der Waals surface area contributed by atoms with Crippen molar-refractivity contribution in [3.63, 3.8) is 0 Å². The number of methoxy groups -OCH3 is 1. The Morgan fingerprint density at radius 1 is 1.42 bits per heavy atom. The molecule has 0 unspecified atom stereocenters. The molecule has 1 atom stereocenters. The highest BCUT2D eigenvalue weighted by Gasteiger charge is 2.21. The molecule has 0 spiro atoms. The van der Waals surface area contributed by atoms with Gasteiger partial charge in [-0.05, 0) is 31.9 Å². The Kier molecular flexibility index (Phi) is 5.99. The topological polar surface area (TPSA) is 68.6 Å². The molecule has 0 radical (unpaired) electrons. The molecule has 1 aliphatic rings. The zero-order chi connectivity index (χ0) is 18.4. The van der Waals surface area contributed by atoms with Gasteiger partial charge in [0.05, 0.1) is 20.3 Å². The highest BCUT2D eigenvalue weighted by Crippen LogP contribution is 2.33. The van der Waals surface area contributed by atoms with Gasteiger partial charge in [-0.1, -0.05) is 12.1 Å². The fraction of sp³-hybridized carbons (Fsp3) is 0.474. The van der Waals surface area contributed by atoms with Crippen LogP contribution in [0.15, 0.2) is 36.7 Å². The number of nitrogens with one attached hydrogen (secondary N) is 1. The number of aryl methyl sites for hydroxylation is 1. The summed E-state index contributed by atoms with van der Waals surface area (Å²) >= 11 is 0.